The van der Waals surface area contributed by atoms with Crippen molar-refractivity contribution in [1.82, 2.24) is 4.57 Å². The fourth-order valence-electron chi connectivity index (χ4n) is 8.82. The van der Waals surface area contributed by atoms with E-state index in [9.17, 15) is 0 Å². The molecule has 1 heteroatoms. The maximum absolute atomic E-state index is 2.47. The van der Waals surface area contributed by atoms with Crippen molar-refractivity contribution in [1.29, 1.82) is 0 Å². The summed E-state index contributed by atoms with van der Waals surface area (Å²) in [7, 11) is 0. The van der Waals surface area contributed by atoms with Crippen LogP contribution in [0.3, 0.4) is 0 Å². The molecule has 11 aromatic rings. The molecule has 11 rings (SSSR count). The summed E-state index contributed by atoms with van der Waals surface area (Å²) >= 11 is 0. The Morgan fingerprint density at radius 3 is 1.38 bits per heavy atom. The number of rotatable bonds is 4. The van der Waals surface area contributed by atoms with Crippen LogP contribution in [0.4, 0.5) is 0 Å². The number of hydrogen-bond acceptors (Lipinski definition) is 0. The van der Waals surface area contributed by atoms with Gasteiger partial charge in [-0.05, 0) is 107 Å². The van der Waals surface area contributed by atoms with E-state index in [1.54, 1.807) is 0 Å². The van der Waals surface area contributed by atoms with Gasteiger partial charge in [0.15, 0.2) is 0 Å². The van der Waals surface area contributed by atoms with Crippen molar-refractivity contribution in [2.75, 3.05) is 0 Å². The minimum Gasteiger partial charge on any atom is -0.309 e. The Balaban J connectivity index is 1.18. The minimum atomic E-state index is 1.15. The molecule has 0 aliphatic rings. The molecule has 10 aromatic carbocycles. The number of para-hydroxylation sites is 1. The fraction of sp³-hybridized carbons (Fsp3) is 0. The minimum absolute atomic E-state index is 1.15. The van der Waals surface area contributed by atoms with Crippen LogP contribution in [0.1, 0.15) is 0 Å². The highest BCUT2D eigenvalue weighted by atomic mass is 15.0. The Labute approximate surface area is 307 Å². The second-order valence-electron chi connectivity index (χ2n) is 14.0. The molecule has 53 heavy (non-hydrogen) atoms. The Morgan fingerprint density at radius 1 is 0.283 bits per heavy atom. The predicted octanol–water partition coefficient (Wildman–Crippen LogP) is 14.4. The molecule has 1 nitrogen and oxygen atoms in total. The molecule has 0 atom stereocenters. The summed E-state index contributed by atoms with van der Waals surface area (Å²) < 4.78 is 2.47. The monoisotopic (exact) mass is 671 g/mol. The maximum Gasteiger partial charge on any atom is 0.0619 e. The van der Waals surface area contributed by atoms with Crippen LogP contribution in [-0.2, 0) is 0 Å². The lowest BCUT2D eigenvalue weighted by Gasteiger charge is -2.19. The number of fused-ring (bicyclic) bond motifs is 8. The van der Waals surface area contributed by atoms with Crippen molar-refractivity contribution in [2.24, 2.45) is 0 Å². The third kappa shape index (κ3) is 4.58. The quantitative estimate of drug-likeness (QED) is 0.164. The van der Waals surface area contributed by atoms with E-state index in [1.165, 1.54) is 98.3 Å². The largest absolute Gasteiger partial charge is 0.309 e. The number of aromatic nitrogens is 1. The highest BCUT2D eigenvalue weighted by Crippen LogP contribution is 2.46. The molecule has 1 aromatic heterocycles. The second kappa shape index (κ2) is 11.8. The van der Waals surface area contributed by atoms with Crippen LogP contribution in [-0.4, -0.2) is 4.57 Å². The van der Waals surface area contributed by atoms with Crippen LogP contribution in [0, 0.1) is 0 Å². The lowest BCUT2D eigenvalue weighted by atomic mass is 9.85. The molecule has 246 valence electrons. The van der Waals surface area contributed by atoms with Crippen molar-refractivity contribution in [3.05, 3.63) is 200 Å². The highest BCUT2D eigenvalue weighted by Gasteiger charge is 2.20. The highest BCUT2D eigenvalue weighted by molar-refractivity contribution is 6.24. The van der Waals surface area contributed by atoms with Gasteiger partial charge >= 0.3 is 0 Å². The summed E-state index contributed by atoms with van der Waals surface area (Å²) in [5.41, 5.74) is 11.1. The first kappa shape index (κ1) is 29.7. The third-order valence-corrected chi connectivity index (χ3v) is 11.1. The number of benzene rings is 10. The second-order valence-corrected chi connectivity index (χ2v) is 14.0. The van der Waals surface area contributed by atoms with Gasteiger partial charge in [-0.3, -0.25) is 0 Å². The lowest BCUT2D eigenvalue weighted by molar-refractivity contribution is 1.19. The molecule has 0 unspecified atom stereocenters. The van der Waals surface area contributed by atoms with Gasteiger partial charge in [0, 0.05) is 21.8 Å². The Kier molecular flexibility index (Phi) is 6.62. The first-order valence-electron chi connectivity index (χ1n) is 18.4. The van der Waals surface area contributed by atoms with Gasteiger partial charge in [-0.2, -0.15) is 0 Å². The topological polar surface area (TPSA) is 4.93 Å². The normalized spacial score (nSPS) is 11.8. The SMILES string of the molecule is c1ccc(-c2c3ccccc3c(-c3ccc(-n4c5ccccc5c5cc(-c6ccccc6)c6ccccc6c54)cc3)c3cc4ccccc4cc23)cc1. The summed E-state index contributed by atoms with van der Waals surface area (Å²) in [5, 5.41) is 12.6. The molecule has 0 radical (unpaired) electrons. The van der Waals surface area contributed by atoms with Crippen molar-refractivity contribution < 1.29 is 0 Å². The van der Waals surface area contributed by atoms with Crippen molar-refractivity contribution >= 4 is 64.9 Å². The van der Waals surface area contributed by atoms with Crippen molar-refractivity contribution in [2.45, 2.75) is 0 Å². The molecule has 0 bridgehead atoms. The molecule has 0 aliphatic carbocycles. The fourth-order valence-corrected chi connectivity index (χ4v) is 8.82. The van der Waals surface area contributed by atoms with Crippen LogP contribution < -0.4 is 0 Å². The van der Waals surface area contributed by atoms with Gasteiger partial charge in [0.05, 0.1) is 11.0 Å². The number of hydrogen-bond donors (Lipinski definition) is 0. The van der Waals surface area contributed by atoms with Gasteiger partial charge in [-0.1, -0.05) is 164 Å². The van der Waals surface area contributed by atoms with Crippen molar-refractivity contribution in [3.63, 3.8) is 0 Å². The maximum atomic E-state index is 2.47. The van der Waals surface area contributed by atoms with E-state index in [-0.39, 0.29) is 0 Å². The van der Waals surface area contributed by atoms with Crippen molar-refractivity contribution in [3.8, 4) is 39.1 Å². The zero-order valence-corrected chi connectivity index (χ0v) is 29.0. The molecular weight excluding hydrogens is 639 g/mol. The lowest BCUT2D eigenvalue weighted by Crippen LogP contribution is -1.96. The summed E-state index contributed by atoms with van der Waals surface area (Å²) in [6.45, 7) is 0. The van der Waals surface area contributed by atoms with Gasteiger partial charge < -0.3 is 4.57 Å². The average molecular weight is 672 g/mol. The van der Waals surface area contributed by atoms with Crippen LogP contribution in [0.2, 0.25) is 0 Å². The summed E-state index contributed by atoms with van der Waals surface area (Å²) in [6, 6.07) is 73.5. The van der Waals surface area contributed by atoms with E-state index < -0.39 is 0 Å². The Hall–Kier alpha value is -6.96. The molecule has 0 spiro atoms. The zero-order chi connectivity index (χ0) is 34.9. The summed E-state index contributed by atoms with van der Waals surface area (Å²) in [6.07, 6.45) is 0. The van der Waals surface area contributed by atoms with Gasteiger partial charge in [-0.25, -0.2) is 0 Å². The molecule has 0 N–H and O–H groups in total. The Morgan fingerprint density at radius 2 is 0.755 bits per heavy atom. The predicted molar refractivity (Wildman–Crippen MR) is 227 cm³/mol. The van der Waals surface area contributed by atoms with Crippen LogP contribution >= 0.6 is 0 Å². The molecule has 0 saturated heterocycles. The zero-order valence-electron chi connectivity index (χ0n) is 29.0. The van der Waals surface area contributed by atoms with Gasteiger partial charge in [-0.15, -0.1) is 0 Å². The molecule has 0 aliphatic heterocycles. The third-order valence-electron chi connectivity index (χ3n) is 11.1. The van der Waals surface area contributed by atoms with Crippen LogP contribution in [0.5, 0.6) is 0 Å². The van der Waals surface area contributed by atoms with Crippen LogP contribution in [0.25, 0.3) is 104 Å². The summed E-state index contributed by atoms with van der Waals surface area (Å²) in [4.78, 5) is 0. The first-order chi connectivity index (χ1) is 26.3. The molecule has 1 heterocycles. The smallest absolute Gasteiger partial charge is 0.0619 e. The van der Waals surface area contributed by atoms with E-state index in [0.717, 1.165) is 5.69 Å². The van der Waals surface area contributed by atoms with Crippen LogP contribution in [0.15, 0.2) is 200 Å². The summed E-state index contributed by atoms with van der Waals surface area (Å²) in [5.74, 6) is 0. The van der Waals surface area contributed by atoms with E-state index in [2.05, 4.69) is 205 Å². The van der Waals surface area contributed by atoms with E-state index in [0.29, 0.717) is 0 Å². The molecule has 0 fully saturated rings. The molecular formula is C52H33N. The van der Waals surface area contributed by atoms with Gasteiger partial charge in [0.2, 0.25) is 0 Å². The number of nitrogens with zero attached hydrogens (tertiary/aromatic N) is 1. The average Bonchev–Trinajstić information content (AvgIpc) is 3.57. The van der Waals surface area contributed by atoms with Gasteiger partial charge in [0.25, 0.3) is 0 Å². The molecule has 0 amide bonds. The van der Waals surface area contributed by atoms with E-state index in [4.69, 9.17) is 0 Å². The van der Waals surface area contributed by atoms with E-state index >= 15 is 0 Å². The standard InChI is InChI=1S/C52H33N/c1-3-15-34(16-4-1)45-33-48-41-22-13-14-26-49(41)53(52(48)44-25-12-9-21-40(44)45)39-29-27-36(28-30-39)51-43-24-11-10-23-42(43)50(35-17-5-2-6-18-35)46-31-37-19-7-8-20-38(37)32-47(46)51/h1-33H. The molecule has 0 saturated carbocycles. The Bertz CT molecular complexity index is 3190. The van der Waals surface area contributed by atoms with Gasteiger partial charge in [0.1, 0.15) is 0 Å². The van der Waals surface area contributed by atoms with E-state index in [1.807, 2.05) is 0 Å². The first-order valence-corrected chi connectivity index (χ1v) is 18.4.